The van der Waals surface area contributed by atoms with E-state index < -0.39 is 13.1 Å². The van der Waals surface area contributed by atoms with Crippen LogP contribution in [-0.2, 0) is 0 Å². The first-order valence-electron chi connectivity index (χ1n) is 12.7. The number of carboxylic acids is 1. The number of nitrogens with one attached hydrogen (secondary N) is 2. The second kappa shape index (κ2) is 13.7. The van der Waals surface area contributed by atoms with Gasteiger partial charge in [-0.25, -0.2) is 14.8 Å². The fourth-order valence-electron chi connectivity index (χ4n) is 4.12. The molecule has 13 heteroatoms. The third kappa shape index (κ3) is 6.53. The number of aromatic carboxylic acids is 1. The molecule has 0 bridgehead atoms. The first-order chi connectivity index (χ1) is 20.7. The van der Waals surface area contributed by atoms with E-state index in [4.69, 9.17) is 12.2 Å². The van der Waals surface area contributed by atoms with E-state index in [1.165, 1.54) is 0 Å². The molecular formula is C29H24Br3FN6O3. The second-order valence-electron chi connectivity index (χ2n) is 8.39. The molecule has 3 aromatic heterocycles. The number of halogens is 4. The maximum Gasteiger partial charge on any atom is 0.337 e. The number of aromatic amines is 2. The van der Waals surface area contributed by atoms with E-state index >= 15 is 0 Å². The van der Waals surface area contributed by atoms with Gasteiger partial charge in [0.2, 0.25) is 5.78 Å². The number of nitrogens with two attached hydrogens (primary N) is 1. The predicted molar refractivity (Wildman–Crippen MR) is 177 cm³/mol. The minimum Gasteiger partial charge on any atom is -0.478 e. The van der Waals surface area contributed by atoms with Crippen molar-refractivity contribution in [3.05, 3.63) is 114 Å². The number of hydrogen-bond donors (Lipinski definition) is 4. The highest BCUT2D eigenvalue weighted by atomic mass is 79.9. The minimum atomic E-state index is -1.00. The molecular weight excluding hydrogens is 739 g/mol. The van der Waals surface area contributed by atoms with Gasteiger partial charge in [0.15, 0.2) is 5.95 Å². The van der Waals surface area contributed by atoms with Crippen LogP contribution in [0.4, 0.5) is 10.3 Å². The molecule has 0 spiro atoms. The lowest BCUT2D eigenvalue weighted by Gasteiger charge is -2.03. The van der Waals surface area contributed by atoms with Crippen LogP contribution in [0.2, 0.25) is 0 Å². The summed E-state index contributed by atoms with van der Waals surface area (Å²) in [4.78, 5) is 37.0. The molecule has 3 heterocycles. The van der Waals surface area contributed by atoms with Crippen LogP contribution in [0.1, 0.15) is 13.2 Å². The van der Waals surface area contributed by atoms with Crippen molar-refractivity contribution < 1.29 is 17.1 Å². The quantitative estimate of drug-likeness (QED) is 0.134. The lowest BCUT2D eigenvalue weighted by atomic mass is 10.2. The van der Waals surface area contributed by atoms with Gasteiger partial charge in [-0.2, -0.15) is 0 Å². The molecule has 216 valence electrons. The number of hydrogen-bond acceptors (Lipinski definition) is 5. The molecule has 7 rings (SSSR count). The standard InChI is InChI=1S/C14H8BrN3O.C7H4Br2O2.C7H7N3.CH3F.H2/c15-8-4-3-7-11-12(8)13(19)17-14-16-9-5-1-2-6-10(9)18(11)14;8-4-2-1-3-5(9)6(4)7(10)11;8-7-9-5-3-1-2-4-6(5)10-7;1-2;/h1-7H,(H,16,17,19);1-3H,(H,10,11);1-4H,(H3,8,9,10);1H3;1H/i;;;1D;. The van der Waals surface area contributed by atoms with Crippen LogP contribution in [0.15, 0.2) is 103 Å². The fraction of sp³-hybridized carbons (Fsp3) is 0.0345. The van der Waals surface area contributed by atoms with Crippen molar-refractivity contribution in [2.24, 2.45) is 0 Å². The smallest absolute Gasteiger partial charge is 0.337 e. The third-order valence-electron chi connectivity index (χ3n) is 5.83. The van der Waals surface area contributed by atoms with Crippen LogP contribution in [-0.4, -0.2) is 42.6 Å². The lowest BCUT2D eigenvalue weighted by molar-refractivity contribution is 0.0695. The highest BCUT2D eigenvalue weighted by Crippen LogP contribution is 2.25. The summed E-state index contributed by atoms with van der Waals surface area (Å²) in [5, 5.41) is 9.32. The Balaban J connectivity index is 0.000000182. The topological polar surface area (TPSA) is 142 Å². The van der Waals surface area contributed by atoms with Crippen molar-refractivity contribution in [2.45, 2.75) is 0 Å². The molecule has 0 amide bonds. The van der Waals surface area contributed by atoms with Gasteiger partial charge in [0.25, 0.3) is 5.56 Å². The molecule has 9 nitrogen and oxygen atoms in total. The summed E-state index contributed by atoms with van der Waals surface area (Å²) in [5.74, 6) is 0.0994. The van der Waals surface area contributed by atoms with Gasteiger partial charge in [-0.15, -0.1) is 0 Å². The van der Waals surface area contributed by atoms with Crippen molar-refractivity contribution in [3.8, 4) is 0 Å². The van der Waals surface area contributed by atoms with E-state index in [2.05, 4.69) is 67.7 Å². The average Bonchev–Trinajstić information content (AvgIpc) is 3.53. The number of rotatable bonds is 1. The maximum atomic E-state index is 12.2. The molecule has 42 heavy (non-hydrogen) atoms. The summed E-state index contributed by atoms with van der Waals surface area (Å²) >= 11 is 9.71. The molecule has 0 aliphatic rings. The number of carboxylic acid groups (broad SMARTS) is 1. The summed E-state index contributed by atoms with van der Waals surface area (Å²) in [7, 11) is -1.00. The summed E-state index contributed by atoms with van der Waals surface area (Å²) in [5.41, 5.74) is 10.1. The highest BCUT2D eigenvalue weighted by Gasteiger charge is 2.12. The normalized spacial score (nSPS) is 10.7. The number of carbonyl (C=O) groups is 1. The van der Waals surface area contributed by atoms with Crippen molar-refractivity contribution in [1.29, 1.82) is 0 Å². The molecule has 0 radical (unpaired) electrons. The number of anilines is 1. The highest BCUT2D eigenvalue weighted by molar-refractivity contribution is 9.11. The van der Waals surface area contributed by atoms with Crippen LogP contribution < -0.4 is 11.3 Å². The van der Waals surface area contributed by atoms with Gasteiger partial charge < -0.3 is 15.8 Å². The van der Waals surface area contributed by atoms with Crippen molar-refractivity contribution >= 4 is 98.5 Å². The zero-order valence-corrected chi connectivity index (χ0v) is 26.2. The van der Waals surface area contributed by atoms with Gasteiger partial charge in [-0.05, 0) is 96.3 Å². The minimum absolute atomic E-state index is 0. The number of nitrogen functional groups attached to an aromatic ring is 1. The number of aromatic nitrogens is 5. The largest absolute Gasteiger partial charge is 0.478 e. The first kappa shape index (κ1) is 29.4. The lowest BCUT2D eigenvalue weighted by Crippen LogP contribution is -2.10. The summed E-state index contributed by atoms with van der Waals surface area (Å²) in [6.45, 7) is 0. The van der Waals surface area contributed by atoms with Gasteiger partial charge in [0.1, 0.15) is 0 Å². The van der Waals surface area contributed by atoms with Crippen molar-refractivity contribution in [2.75, 3.05) is 12.9 Å². The Morgan fingerprint density at radius 3 is 2.10 bits per heavy atom. The summed E-state index contributed by atoms with van der Waals surface area (Å²) in [6.07, 6.45) is 0. The zero-order valence-electron chi connectivity index (χ0n) is 22.5. The molecule has 0 unspecified atom stereocenters. The third-order valence-corrected chi connectivity index (χ3v) is 7.81. The van der Waals surface area contributed by atoms with E-state index in [0.29, 0.717) is 26.1 Å². The Labute approximate surface area is 265 Å². The molecule has 0 aliphatic heterocycles. The Kier molecular flexibility index (Phi) is 9.62. The molecule has 5 N–H and O–H groups in total. The number of benzene rings is 4. The van der Waals surface area contributed by atoms with Gasteiger partial charge >= 0.3 is 5.97 Å². The molecule has 0 aliphatic carbocycles. The van der Waals surface area contributed by atoms with E-state index in [0.717, 1.165) is 32.1 Å². The van der Waals surface area contributed by atoms with Gasteiger partial charge in [0.05, 0.1) is 47.1 Å². The number of alkyl halides is 1. The van der Waals surface area contributed by atoms with Crippen molar-refractivity contribution in [1.82, 2.24) is 24.3 Å². The van der Waals surface area contributed by atoms with Crippen LogP contribution in [0.3, 0.4) is 0 Å². The Morgan fingerprint density at radius 1 is 0.881 bits per heavy atom. The molecule has 0 atom stereocenters. The SMILES string of the molecule is Nc1nc2ccccc2[nH]1.O=C(O)c1c(Br)cccc1Br.O=c1[nH]c2nc3ccccc3n2c2cccc(Br)c12.[2H]CF.[HH]. The predicted octanol–water partition coefficient (Wildman–Crippen LogP) is 7.98. The van der Waals surface area contributed by atoms with Crippen LogP contribution in [0, 0.1) is 0 Å². The van der Waals surface area contributed by atoms with E-state index in [9.17, 15) is 14.0 Å². The number of fused-ring (bicyclic) bond motifs is 6. The number of H-pyrrole nitrogens is 2. The van der Waals surface area contributed by atoms with Crippen molar-refractivity contribution in [3.63, 3.8) is 0 Å². The Bertz CT molecular complexity index is 2070. The zero-order chi connectivity index (χ0) is 31.1. The first-order valence-corrected chi connectivity index (χ1v) is 14.3. The van der Waals surface area contributed by atoms with E-state index in [1.807, 2.05) is 71.1 Å². The molecule has 0 saturated carbocycles. The molecule has 0 saturated heterocycles. The van der Waals surface area contributed by atoms with Crippen LogP contribution in [0.25, 0.3) is 38.7 Å². The Morgan fingerprint density at radius 2 is 1.45 bits per heavy atom. The molecule has 0 fully saturated rings. The van der Waals surface area contributed by atoms with E-state index in [1.54, 1.807) is 18.2 Å². The fourth-order valence-corrected chi connectivity index (χ4v) is 5.99. The summed E-state index contributed by atoms with van der Waals surface area (Å²) < 4.78 is 19.4. The van der Waals surface area contributed by atoms with Gasteiger partial charge in [-0.1, -0.05) is 36.4 Å². The monoisotopic (exact) mass is 761 g/mol. The number of para-hydroxylation sites is 4. The van der Waals surface area contributed by atoms with Gasteiger partial charge in [0, 0.05) is 14.8 Å². The van der Waals surface area contributed by atoms with E-state index in [-0.39, 0.29) is 12.5 Å². The summed E-state index contributed by atoms with van der Waals surface area (Å²) in [6, 6.07) is 26.4. The number of nitrogens with zero attached hydrogens (tertiary/aromatic N) is 3. The second-order valence-corrected chi connectivity index (χ2v) is 11.0. The van der Waals surface area contributed by atoms with Crippen LogP contribution in [0.5, 0.6) is 0 Å². The average molecular weight is 764 g/mol. The van der Waals surface area contributed by atoms with Gasteiger partial charge in [-0.3, -0.25) is 18.6 Å². The molecule has 7 aromatic rings. The molecule has 4 aromatic carbocycles. The Hall–Kier alpha value is -4.07. The van der Waals surface area contributed by atoms with Crippen LogP contribution >= 0.6 is 47.8 Å². The maximum absolute atomic E-state index is 12.2. The number of imidazole rings is 2.